The summed E-state index contributed by atoms with van der Waals surface area (Å²) in [5.74, 6) is 0. The van der Waals surface area contributed by atoms with Crippen LogP contribution in [0.4, 0.5) is 14.9 Å². The topological polar surface area (TPSA) is 41.1 Å². The molecule has 2 N–H and O–H groups in total. The van der Waals surface area contributed by atoms with Gasteiger partial charge in [-0.1, -0.05) is 41.5 Å². The number of rotatable bonds is 6. The fourth-order valence-corrected chi connectivity index (χ4v) is 2.14. The maximum atomic E-state index is 13.5. The summed E-state index contributed by atoms with van der Waals surface area (Å²) in [5, 5.41) is 5.96. The standard InChI is InChI=1S/C17H22ClFN2O/c1-12(10-17(3,4)19)8-13(2)11-20-16(22)21-15-7-5-6-14(18)9-15/h5-9H,1,10-11H2,2-4H3,(H2,20,21,22)/b13-8+. The van der Waals surface area contributed by atoms with Gasteiger partial charge >= 0.3 is 6.03 Å². The Kier molecular flexibility index (Phi) is 6.62. The highest BCUT2D eigenvalue weighted by molar-refractivity contribution is 6.30. The molecule has 0 heterocycles. The van der Waals surface area contributed by atoms with Crippen LogP contribution in [0.2, 0.25) is 5.02 Å². The van der Waals surface area contributed by atoms with E-state index < -0.39 is 5.67 Å². The van der Waals surface area contributed by atoms with Gasteiger partial charge in [0.1, 0.15) is 5.67 Å². The van der Waals surface area contributed by atoms with Crippen molar-refractivity contribution in [2.24, 2.45) is 0 Å². The number of hydrogen-bond donors (Lipinski definition) is 2. The molecule has 0 unspecified atom stereocenters. The maximum absolute atomic E-state index is 13.5. The van der Waals surface area contributed by atoms with Gasteiger partial charge in [-0.15, -0.1) is 0 Å². The Hall–Kier alpha value is -1.81. The van der Waals surface area contributed by atoms with Crippen LogP contribution in [0.15, 0.2) is 48.1 Å². The van der Waals surface area contributed by atoms with Crippen LogP contribution in [0.5, 0.6) is 0 Å². The molecule has 0 atom stereocenters. The van der Waals surface area contributed by atoms with Crippen LogP contribution in [0, 0.1) is 0 Å². The maximum Gasteiger partial charge on any atom is 0.319 e. The van der Waals surface area contributed by atoms with E-state index in [1.165, 1.54) is 13.8 Å². The van der Waals surface area contributed by atoms with E-state index in [1.807, 2.05) is 6.92 Å². The quantitative estimate of drug-likeness (QED) is 0.702. The van der Waals surface area contributed by atoms with Gasteiger partial charge in [0.2, 0.25) is 0 Å². The summed E-state index contributed by atoms with van der Waals surface area (Å²) in [6.07, 6.45) is 2.06. The molecule has 0 spiro atoms. The van der Waals surface area contributed by atoms with Gasteiger partial charge in [0.15, 0.2) is 0 Å². The van der Waals surface area contributed by atoms with Crippen LogP contribution in [-0.2, 0) is 0 Å². The van der Waals surface area contributed by atoms with Gasteiger partial charge in [-0.05, 0) is 39.0 Å². The first-order valence-electron chi connectivity index (χ1n) is 7.00. The summed E-state index contributed by atoms with van der Waals surface area (Å²) in [4.78, 5) is 11.8. The average Bonchev–Trinajstić information content (AvgIpc) is 2.34. The minimum atomic E-state index is -1.29. The van der Waals surface area contributed by atoms with Crippen LogP contribution in [0.1, 0.15) is 27.2 Å². The molecule has 0 aliphatic carbocycles. The van der Waals surface area contributed by atoms with Crippen molar-refractivity contribution in [2.45, 2.75) is 32.9 Å². The van der Waals surface area contributed by atoms with Gasteiger partial charge in [0.05, 0.1) is 0 Å². The molecular weight excluding hydrogens is 303 g/mol. The third-order valence-corrected chi connectivity index (χ3v) is 2.94. The molecule has 22 heavy (non-hydrogen) atoms. The van der Waals surface area contributed by atoms with Crippen molar-refractivity contribution in [1.82, 2.24) is 5.32 Å². The van der Waals surface area contributed by atoms with E-state index in [-0.39, 0.29) is 12.5 Å². The van der Waals surface area contributed by atoms with Crippen molar-refractivity contribution in [3.63, 3.8) is 0 Å². The zero-order valence-corrected chi connectivity index (χ0v) is 13.9. The fourth-order valence-electron chi connectivity index (χ4n) is 1.95. The molecule has 2 amide bonds. The normalized spacial score (nSPS) is 12.0. The lowest BCUT2D eigenvalue weighted by molar-refractivity contribution is 0.218. The van der Waals surface area contributed by atoms with Crippen molar-refractivity contribution in [2.75, 3.05) is 11.9 Å². The minimum Gasteiger partial charge on any atom is -0.334 e. The zero-order valence-electron chi connectivity index (χ0n) is 13.2. The fraction of sp³-hybridized carbons (Fsp3) is 0.353. The van der Waals surface area contributed by atoms with Crippen LogP contribution >= 0.6 is 11.6 Å². The number of alkyl halides is 1. The van der Waals surface area contributed by atoms with Crippen molar-refractivity contribution in [3.8, 4) is 0 Å². The molecule has 1 rings (SSSR count). The van der Waals surface area contributed by atoms with Crippen LogP contribution in [0.3, 0.4) is 0 Å². The molecule has 1 aromatic rings. The highest BCUT2D eigenvalue weighted by atomic mass is 35.5. The van der Waals surface area contributed by atoms with Gasteiger partial charge < -0.3 is 10.6 Å². The number of amides is 2. The molecule has 0 fully saturated rings. The summed E-state index contributed by atoms with van der Waals surface area (Å²) >= 11 is 5.84. The number of allylic oxidation sites excluding steroid dienone is 2. The summed E-state index contributed by atoms with van der Waals surface area (Å²) in [6, 6.07) is 6.57. The first kappa shape index (κ1) is 18.2. The second kappa shape index (κ2) is 7.99. The summed E-state index contributed by atoms with van der Waals surface area (Å²) in [6.45, 7) is 9.07. The average molecular weight is 325 g/mol. The third-order valence-electron chi connectivity index (χ3n) is 2.71. The smallest absolute Gasteiger partial charge is 0.319 e. The van der Waals surface area contributed by atoms with E-state index in [9.17, 15) is 9.18 Å². The number of hydrogen-bond acceptors (Lipinski definition) is 1. The number of nitrogens with one attached hydrogen (secondary N) is 2. The lowest BCUT2D eigenvalue weighted by Crippen LogP contribution is -2.30. The van der Waals surface area contributed by atoms with Gasteiger partial charge in [0, 0.05) is 23.7 Å². The Labute approximate surface area is 136 Å². The van der Waals surface area contributed by atoms with Crippen molar-refractivity contribution >= 4 is 23.3 Å². The largest absolute Gasteiger partial charge is 0.334 e. The molecule has 0 radical (unpaired) electrons. The van der Waals surface area contributed by atoms with E-state index in [4.69, 9.17) is 11.6 Å². The molecule has 3 nitrogen and oxygen atoms in total. The number of carbonyl (C=O) groups excluding carboxylic acids is 1. The molecule has 0 saturated heterocycles. The predicted octanol–water partition coefficient (Wildman–Crippen LogP) is 5.10. The highest BCUT2D eigenvalue weighted by Crippen LogP contribution is 2.20. The third kappa shape index (κ3) is 7.84. The second-order valence-corrected chi connectivity index (χ2v) is 6.30. The van der Waals surface area contributed by atoms with E-state index >= 15 is 0 Å². The Morgan fingerprint density at radius 1 is 1.45 bits per heavy atom. The number of carbonyl (C=O) groups is 1. The van der Waals surface area contributed by atoms with E-state index in [1.54, 1.807) is 30.3 Å². The van der Waals surface area contributed by atoms with Crippen molar-refractivity contribution in [3.05, 3.63) is 53.1 Å². The molecular formula is C17H22ClFN2O. The first-order chi connectivity index (χ1) is 10.2. The van der Waals surface area contributed by atoms with E-state index in [0.29, 0.717) is 22.8 Å². The molecule has 0 aliphatic heterocycles. The van der Waals surface area contributed by atoms with Gasteiger partial charge in [0.25, 0.3) is 0 Å². The minimum absolute atomic E-state index is 0.263. The SMILES string of the molecule is C=C(/C=C(\C)CNC(=O)Nc1cccc(Cl)c1)CC(C)(C)F. The van der Waals surface area contributed by atoms with Gasteiger partial charge in [-0.2, -0.15) is 0 Å². The number of halogens is 2. The lowest BCUT2D eigenvalue weighted by Gasteiger charge is -2.14. The molecule has 0 aliphatic rings. The van der Waals surface area contributed by atoms with Crippen molar-refractivity contribution in [1.29, 1.82) is 0 Å². The molecule has 120 valence electrons. The van der Waals surface area contributed by atoms with Crippen LogP contribution < -0.4 is 10.6 Å². The monoisotopic (exact) mass is 324 g/mol. The summed E-state index contributed by atoms with van der Waals surface area (Å²) in [7, 11) is 0. The molecule has 5 heteroatoms. The molecule has 0 aromatic heterocycles. The Bertz CT molecular complexity index is 576. The molecule has 0 bridgehead atoms. The Morgan fingerprint density at radius 3 is 2.73 bits per heavy atom. The molecule has 0 saturated carbocycles. The van der Waals surface area contributed by atoms with E-state index in [0.717, 1.165) is 5.57 Å². The van der Waals surface area contributed by atoms with Crippen molar-refractivity contribution < 1.29 is 9.18 Å². The lowest BCUT2D eigenvalue weighted by atomic mass is 10.00. The van der Waals surface area contributed by atoms with Gasteiger partial charge in [-0.3, -0.25) is 0 Å². The highest BCUT2D eigenvalue weighted by Gasteiger charge is 2.15. The predicted molar refractivity (Wildman–Crippen MR) is 91.2 cm³/mol. The Balaban J connectivity index is 2.44. The van der Waals surface area contributed by atoms with E-state index in [2.05, 4.69) is 17.2 Å². The Morgan fingerprint density at radius 2 is 2.14 bits per heavy atom. The second-order valence-electron chi connectivity index (χ2n) is 5.86. The number of anilines is 1. The zero-order chi connectivity index (χ0) is 16.8. The summed E-state index contributed by atoms with van der Waals surface area (Å²) < 4.78 is 13.5. The molecule has 1 aromatic carbocycles. The number of urea groups is 1. The number of benzene rings is 1. The van der Waals surface area contributed by atoms with Crippen LogP contribution in [-0.4, -0.2) is 18.2 Å². The first-order valence-corrected chi connectivity index (χ1v) is 7.38. The van der Waals surface area contributed by atoms with Crippen LogP contribution in [0.25, 0.3) is 0 Å². The van der Waals surface area contributed by atoms with Gasteiger partial charge in [-0.25, -0.2) is 9.18 Å². The summed E-state index contributed by atoms with van der Waals surface area (Å²) in [5.41, 5.74) is 0.929.